The average Bonchev–Trinajstić information content (AvgIpc) is 3.15. The number of furan rings is 1. The van der Waals surface area contributed by atoms with E-state index >= 15 is 0 Å². The Balaban J connectivity index is 1.45. The molecule has 1 aliphatic rings. The van der Waals surface area contributed by atoms with Crippen LogP contribution in [0.1, 0.15) is 11.6 Å². The topological polar surface area (TPSA) is 63.4 Å². The van der Waals surface area contributed by atoms with Crippen molar-refractivity contribution in [2.75, 3.05) is 38.2 Å². The number of morpholine rings is 1. The SMILES string of the molecule is Fc1ccc([C@@H](CNc2ncnc3c2oc2ccccc23)N2CCOCC2)cc1. The summed E-state index contributed by atoms with van der Waals surface area (Å²) in [6.07, 6.45) is 1.55. The van der Waals surface area contributed by atoms with Gasteiger partial charge in [0.2, 0.25) is 0 Å². The standard InChI is InChI=1S/C22H21FN4O2/c23-16-7-5-15(6-8-16)18(27-9-11-28-12-10-27)13-24-22-21-20(25-14-26-22)17-3-1-2-4-19(17)29-21/h1-8,14,18H,9-13H2,(H,24,25,26)/t18-/m1/s1. The van der Waals surface area contributed by atoms with Crippen molar-refractivity contribution in [1.29, 1.82) is 0 Å². The molecular weight excluding hydrogens is 371 g/mol. The van der Waals surface area contributed by atoms with Crippen LogP contribution in [0.2, 0.25) is 0 Å². The van der Waals surface area contributed by atoms with E-state index in [9.17, 15) is 4.39 Å². The largest absolute Gasteiger partial charge is 0.450 e. The lowest BCUT2D eigenvalue weighted by Gasteiger charge is -2.35. The van der Waals surface area contributed by atoms with Gasteiger partial charge < -0.3 is 14.5 Å². The van der Waals surface area contributed by atoms with Crippen molar-refractivity contribution in [2.45, 2.75) is 6.04 Å². The van der Waals surface area contributed by atoms with E-state index in [0.29, 0.717) is 31.2 Å². The van der Waals surface area contributed by atoms with E-state index < -0.39 is 0 Å². The highest BCUT2D eigenvalue weighted by molar-refractivity contribution is 6.05. The lowest BCUT2D eigenvalue weighted by molar-refractivity contribution is 0.0187. The van der Waals surface area contributed by atoms with E-state index in [1.165, 1.54) is 12.1 Å². The minimum Gasteiger partial charge on any atom is -0.450 e. The number of hydrogen-bond acceptors (Lipinski definition) is 6. The second-order valence-corrected chi connectivity index (χ2v) is 7.09. The molecule has 4 aromatic rings. The van der Waals surface area contributed by atoms with Gasteiger partial charge in [-0.1, -0.05) is 24.3 Å². The Bertz CT molecular complexity index is 1120. The van der Waals surface area contributed by atoms with Crippen LogP contribution < -0.4 is 5.32 Å². The van der Waals surface area contributed by atoms with Crippen LogP contribution in [0.5, 0.6) is 0 Å². The van der Waals surface area contributed by atoms with Gasteiger partial charge in [-0.15, -0.1) is 0 Å². The maximum atomic E-state index is 13.4. The van der Waals surface area contributed by atoms with Crippen molar-refractivity contribution in [3.05, 3.63) is 66.2 Å². The zero-order valence-electron chi connectivity index (χ0n) is 15.8. The summed E-state index contributed by atoms with van der Waals surface area (Å²) in [6.45, 7) is 3.65. The molecule has 7 heteroatoms. The Morgan fingerprint density at radius 1 is 1.03 bits per heavy atom. The van der Waals surface area contributed by atoms with Gasteiger partial charge in [0.15, 0.2) is 11.4 Å². The minimum absolute atomic E-state index is 0.0638. The summed E-state index contributed by atoms with van der Waals surface area (Å²) in [6, 6.07) is 14.6. The van der Waals surface area contributed by atoms with Gasteiger partial charge in [-0.3, -0.25) is 4.90 Å². The highest BCUT2D eigenvalue weighted by atomic mass is 19.1. The number of anilines is 1. The molecule has 0 spiro atoms. The summed E-state index contributed by atoms with van der Waals surface area (Å²) in [5, 5.41) is 4.41. The van der Waals surface area contributed by atoms with Crippen LogP contribution in [0, 0.1) is 5.82 Å². The Labute approximate surface area is 167 Å². The highest BCUT2D eigenvalue weighted by Crippen LogP contribution is 2.31. The summed E-state index contributed by atoms with van der Waals surface area (Å²) >= 11 is 0. The number of rotatable bonds is 5. The molecule has 0 amide bonds. The first-order chi connectivity index (χ1) is 14.3. The van der Waals surface area contributed by atoms with Gasteiger partial charge in [-0.25, -0.2) is 14.4 Å². The molecule has 2 aromatic carbocycles. The van der Waals surface area contributed by atoms with Gasteiger partial charge in [0.1, 0.15) is 23.2 Å². The third-order valence-corrected chi connectivity index (χ3v) is 5.36. The molecule has 29 heavy (non-hydrogen) atoms. The summed E-state index contributed by atoms with van der Waals surface area (Å²) in [7, 11) is 0. The van der Waals surface area contributed by atoms with Crippen molar-refractivity contribution < 1.29 is 13.5 Å². The second-order valence-electron chi connectivity index (χ2n) is 7.09. The van der Waals surface area contributed by atoms with E-state index in [-0.39, 0.29) is 11.9 Å². The molecule has 2 aromatic heterocycles. The van der Waals surface area contributed by atoms with Gasteiger partial charge >= 0.3 is 0 Å². The van der Waals surface area contributed by atoms with E-state index in [1.807, 2.05) is 36.4 Å². The fourth-order valence-corrected chi connectivity index (χ4v) is 3.87. The van der Waals surface area contributed by atoms with Gasteiger partial charge in [0.05, 0.1) is 19.3 Å². The quantitative estimate of drug-likeness (QED) is 0.554. The maximum Gasteiger partial charge on any atom is 0.196 e. The van der Waals surface area contributed by atoms with Crippen LogP contribution in [0.4, 0.5) is 10.2 Å². The van der Waals surface area contributed by atoms with Gasteiger partial charge in [-0.05, 0) is 29.8 Å². The van der Waals surface area contributed by atoms with Gasteiger partial charge in [0.25, 0.3) is 0 Å². The van der Waals surface area contributed by atoms with E-state index in [0.717, 1.165) is 35.1 Å². The van der Waals surface area contributed by atoms with Crippen molar-refractivity contribution in [3.8, 4) is 0 Å². The molecule has 1 fully saturated rings. The van der Waals surface area contributed by atoms with E-state index in [1.54, 1.807) is 6.33 Å². The molecule has 0 radical (unpaired) electrons. The first-order valence-electron chi connectivity index (χ1n) is 9.73. The third kappa shape index (κ3) is 3.54. The maximum absolute atomic E-state index is 13.4. The molecule has 6 nitrogen and oxygen atoms in total. The number of halogens is 1. The fourth-order valence-electron chi connectivity index (χ4n) is 3.87. The molecule has 1 N–H and O–H groups in total. The molecule has 1 atom stereocenters. The van der Waals surface area contributed by atoms with Crippen LogP contribution >= 0.6 is 0 Å². The first kappa shape index (κ1) is 18.0. The van der Waals surface area contributed by atoms with Crippen molar-refractivity contribution >= 4 is 27.9 Å². The normalized spacial score (nSPS) is 16.3. The minimum atomic E-state index is -0.234. The number of benzene rings is 2. The summed E-state index contributed by atoms with van der Waals surface area (Å²) < 4.78 is 25.0. The summed E-state index contributed by atoms with van der Waals surface area (Å²) in [5.74, 6) is 0.425. The second kappa shape index (κ2) is 7.77. The molecule has 3 heterocycles. The first-order valence-corrected chi connectivity index (χ1v) is 9.73. The van der Waals surface area contributed by atoms with Gasteiger partial charge in [0, 0.05) is 25.0 Å². The molecule has 0 aliphatic carbocycles. The molecule has 0 saturated carbocycles. The average molecular weight is 392 g/mol. The van der Waals surface area contributed by atoms with Crippen LogP contribution in [-0.4, -0.2) is 47.7 Å². The molecule has 0 unspecified atom stereocenters. The number of ether oxygens (including phenoxy) is 1. The van der Waals surface area contributed by atoms with Crippen LogP contribution in [0.25, 0.3) is 22.1 Å². The Morgan fingerprint density at radius 3 is 2.66 bits per heavy atom. The van der Waals surface area contributed by atoms with Crippen molar-refractivity contribution in [2.24, 2.45) is 0 Å². The third-order valence-electron chi connectivity index (χ3n) is 5.36. The van der Waals surface area contributed by atoms with Crippen LogP contribution in [0.15, 0.2) is 59.3 Å². The van der Waals surface area contributed by atoms with Crippen molar-refractivity contribution in [1.82, 2.24) is 14.9 Å². The Hall–Kier alpha value is -3.03. The Kier molecular flexibility index (Phi) is 4.83. The molecule has 1 saturated heterocycles. The predicted molar refractivity (Wildman–Crippen MR) is 109 cm³/mol. The number of nitrogens with zero attached hydrogens (tertiary/aromatic N) is 3. The lowest BCUT2D eigenvalue weighted by Crippen LogP contribution is -2.41. The monoisotopic (exact) mass is 392 g/mol. The molecule has 0 bridgehead atoms. The Morgan fingerprint density at radius 2 is 1.83 bits per heavy atom. The molecule has 5 rings (SSSR count). The molecule has 1 aliphatic heterocycles. The molecule has 148 valence electrons. The predicted octanol–water partition coefficient (Wildman–Crippen LogP) is 4.00. The zero-order valence-corrected chi connectivity index (χ0v) is 15.8. The zero-order chi connectivity index (χ0) is 19.6. The van der Waals surface area contributed by atoms with E-state index in [2.05, 4.69) is 20.2 Å². The van der Waals surface area contributed by atoms with Gasteiger partial charge in [-0.2, -0.15) is 0 Å². The lowest BCUT2D eigenvalue weighted by atomic mass is 10.0. The number of nitrogens with one attached hydrogen (secondary N) is 1. The summed E-state index contributed by atoms with van der Waals surface area (Å²) in [5.41, 5.74) is 3.28. The number of fused-ring (bicyclic) bond motifs is 3. The van der Waals surface area contributed by atoms with Crippen LogP contribution in [-0.2, 0) is 4.74 Å². The van der Waals surface area contributed by atoms with E-state index in [4.69, 9.17) is 9.15 Å². The number of para-hydroxylation sites is 1. The number of hydrogen-bond donors (Lipinski definition) is 1. The smallest absolute Gasteiger partial charge is 0.196 e. The molecular formula is C22H21FN4O2. The highest BCUT2D eigenvalue weighted by Gasteiger charge is 2.23. The van der Waals surface area contributed by atoms with Crippen molar-refractivity contribution in [3.63, 3.8) is 0 Å². The van der Waals surface area contributed by atoms with Crippen LogP contribution in [0.3, 0.4) is 0 Å². The summed E-state index contributed by atoms with van der Waals surface area (Å²) in [4.78, 5) is 11.2. The number of aromatic nitrogens is 2. The fraction of sp³-hybridized carbons (Fsp3) is 0.273.